The van der Waals surface area contributed by atoms with Gasteiger partial charge in [-0.3, -0.25) is 4.79 Å². The molecule has 0 saturated heterocycles. The highest BCUT2D eigenvalue weighted by Crippen LogP contribution is 2.45. The second kappa shape index (κ2) is 6.27. The number of aryl methyl sites for hydroxylation is 1. The summed E-state index contributed by atoms with van der Waals surface area (Å²) in [5, 5.41) is 8.75. The first kappa shape index (κ1) is 17.3. The van der Waals surface area contributed by atoms with Gasteiger partial charge in [0.25, 0.3) is 0 Å². The van der Waals surface area contributed by atoms with E-state index in [1.165, 1.54) is 17.3 Å². The molecule has 0 radical (unpaired) electrons. The van der Waals surface area contributed by atoms with Crippen LogP contribution in [0.1, 0.15) is 44.4 Å². The fourth-order valence-corrected chi connectivity index (χ4v) is 4.33. The van der Waals surface area contributed by atoms with E-state index in [1.54, 1.807) is 0 Å². The highest BCUT2D eigenvalue weighted by Gasteiger charge is 2.45. The molecular formula is C20H24N4OS. The Hall–Kier alpha value is -2.08. The van der Waals surface area contributed by atoms with Gasteiger partial charge in [-0.25, -0.2) is 4.68 Å². The third-order valence-corrected chi connectivity index (χ3v) is 5.76. The molecule has 1 N–H and O–H groups in total. The van der Waals surface area contributed by atoms with Crippen molar-refractivity contribution in [3.8, 4) is 0 Å². The Bertz CT molecular complexity index is 882. The minimum Gasteiger partial charge on any atom is -0.328 e. The highest BCUT2D eigenvalue weighted by molar-refractivity contribution is 7.98. The fraction of sp³-hybridized carbons (Fsp3) is 0.450. The van der Waals surface area contributed by atoms with Gasteiger partial charge >= 0.3 is 0 Å². The summed E-state index contributed by atoms with van der Waals surface area (Å²) in [5.41, 5.74) is 3.21. The lowest BCUT2D eigenvalue weighted by molar-refractivity contribution is -0.125. The molecule has 0 amide bonds. The summed E-state index contributed by atoms with van der Waals surface area (Å²) in [7, 11) is 0. The molecule has 0 bridgehead atoms. The Morgan fingerprint density at radius 1 is 1.31 bits per heavy atom. The van der Waals surface area contributed by atoms with Crippen LogP contribution in [0.15, 0.2) is 41.2 Å². The average Bonchev–Trinajstić information content (AvgIpc) is 3.01. The minimum atomic E-state index is -0.237. The molecule has 136 valence electrons. The van der Waals surface area contributed by atoms with Crippen LogP contribution < -0.4 is 5.32 Å². The van der Waals surface area contributed by atoms with Crippen LogP contribution in [0.4, 0.5) is 5.95 Å². The molecule has 2 aromatic rings. The first-order chi connectivity index (χ1) is 12.4. The van der Waals surface area contributed by atoms with Crippen molar-refractivity contribution in [2.75, 3.05) is 11.6 Å². The van der Waals surface area contributed by atoms with Crippen LogP contribution in [0.25, 0.3) is 0 Å². The van der Waals surface area contributed by atoms with Crippen LogP contribution in [0, 0.1) is 11.3 Å². The van der Waals surface area contributed by atoms with Crippen LogP contribution in [-0.2, 0) is 11.2 Å². The largest absolute Gasteiger partial charge is 0.328 e. The normalized spacial score (nSPS) is 23.7. The summed E-state index contributed by atoms with van der Waals surface area (Å²) in [6, 6.07) is 8.39. The molecular weight excluding hydrogens is 344 g/mol. The molecule has 1 aromatic carbocycles. The van der Waals surface area contributed by atoms with Gasteiger partial charge in [-0.1, -0.05) is 62.9 Å². The second-order valence-corrected chi connectivity index (χ2v) is 8.51. The molecule has 1 aliphatic heterocycles. The lowest BCUT2D eigenvalue weighted by atomic mass is 9.72. The van der Waals surface area contributed by atoms with E-state index in [2.05, 4.69) is 66.5 Å². The van der Waals surface area contributed by atoms with Gasteiger partial charge in [-0.15, -0.1) is 5.10 Å². The fourth-order valence-electron chi connectivity index (χ4n) is 3.98. The van der Waals surface area contributed by atoms with E-state index >= 15 is 0 Å². The number of aromatic nitrogens is 3. The summed E-state index contributed by atoms with van der Waals surface area (Å²) in [6.45, 7) is 6.36. The van der Waals surface area contributed by atoms with E-state index in [9.17, 15) is 4.79 Å². The zero-order valence-electron chi connectivity index (χ0n) is 15.6. The number of carbonyl (C=O) groups excluding carboxylic acids is 1. The quantitative estimate of drug-likeness (QED) is 0.828. The van der Waals surface area contributed by atoms with Crippen molar-refractivity contribution < 1.29 is 4.79 Å². The third-order valence-electron chi connectivity index (χ3n) is 5.22. The number of nitrogens with one attached hydrogen (secondary N) is 1. The average molecular weight is 369 g/mol. The smallest absolute Gasteiger partial charge is 0.227 e. The molecule has 0 fully saturated rings. The van der Waals surface area contributed by atoms with E-state index in [4.69, 9.17) is 0 Å². The maximum Gasteiger partial charge on any atom is 0.227 e. The van der Waals surface area contributed by atoms with Gasteiger partial charge in [-0.2, -0.15) is 4.98 Å². The summed E-state index contributed by atoms with van der Waals surface area (Å²) < 4.78 is 1.89. The number of fused-ring (bicyclic) bond motifs is 2. The topological polar surface area (TPSA) is 59.8 Å². The Labute approximate surface area is 158 Å². The number of rotatable bonds is 3. The van der Waals surface area contributed by atoms with Crippen LogP contribution in [0.2, 0.25) is 0 Å². The molecule has 4 rings (SSSR count). The second-order valence-electron chi connectivity index (χ2n) is 7.74. The molecule has 0 saturated carbocycles. The summed E-state index contributed by atoms with van der Waals surface area (Å²) in [4.78, 5) is 17.7. The molecule has 1 aromatic heterocycles. The molecule has 6 heteroatoms. The number of allylic oxidation sites excluding steroid dienone is 2. The Morgan fingerprint density at radius 2 is 2.04 bits per heavy atom. The van der Waals surface area contributed by atoms with Crippen molar-refractivity contribution in [3.05, 3.63) is 47.2 Å². The molecule has 5 nitrogen and oxygen atoms in total. The van der Waals surface area contributed by atoms with Gasteiger partial charge in [0, 0.05) is 12.1 Å². The lowest BCUT2D eigenvalue weighted by Crippen LogP contribution is -2.42. The number of hydrogen-bond donors (Lipinski definition) is 1. The van der Waals surface area contributed by atoms with Gasteiger partial charge in [0.05, 0.1) is 12.0 Å². The summed E-state index contributed by atoms with van der Waals surface area (Å²) >= 11 is 1.51. The van der Waals surface area contributed by atoms with Gasteiger partial charge in [0.2, 0.25) is 11.1 Å². The minimum absolute atomic E-state index is 0.142. The van der Waals surface area contributed by atoms with Crippen LogP contribution in [0.3, 0.4) is 0 Å². The van der Waals surface area contributed by atoms with Crippen LogP contribution in [0.5, 0.6) is 0 Å². The lowest BCUT2D eigenvalue weighted by Gasteiger charge is -2.40. The maximum absolute atomic E-state index is 13.1. The molecule has 2 aliphatic rings. The van der Waals surface area contributed by atoms with Crippen molar-refractivity contribution in [2.45, 2.75) is 44.8 Å². The standard InChI is InChI=1S/C20H24N4OS/c1-5-12-6-8-13(9-7-12)17-16-14(10-20(2,3)11-15(16)25)21-18-22-19(26-4)23-24(17)18/h6-10,16-17H,5,11H2,1-4H3,(H,21,22,23)/t16-,17-/m0/s1. The number of carbonyl (C=O) groups is 1. The first-order valence-electron chi connectivity index (χ1n) is 9.03. The zero-order valence-corrected chi connectivity index (χ0v) is 16.4. The number of Topliss-reactive ketones (excluding diaryl/α,β-unsaturated/α-hetero) is 1. The van der Waals surface area contributed by atoms with E-state index in [1.807, 2.05) is 10.9 Å². The first-order valence-corrected chi connectivity index (χ1v) is 10.3. The van der Waals surface area contributed by atoms with Crippen LogP contribution >= 0.6 is 11.8 Å². The van der Waals surface area contributed by atoms with Gasteiger partial charge in [-0.05, 0) is 29.2 Å². The van der Waals surface area contributed by atoms with Crippen molar-refractivity contribution in [1.29, 1.82) is 0 Å². The monoisotopic (exact) mass is 368 g/mol. The van der Waals surface area contributed by atoms with E-state index < -0.39 is 0 Å². The van der Waals surface area contributed by atoms with E-state index in [0.29, 0.717) is 17.5 Å². The van der Waals surface area contributed by atoms with Crippen molar-refractivity contribution >= 4 is 23.5 Å². The molecule has 26 heavy (non-hydrogen) atoms. The summed E-state index contributed by atoms with van der Waals surface area (Å²) in [6.07, 6.45) is 5.71. The van der Waals surface area contributed by atoms with Crippen LogP contribution in [-0.4, -0.2) is 26.8 Å². The maximum atomic E-state index is 13.1. The van der Waals surface area contributed by atoms with Gasteiger partial charge in [0.15, 0.2) is 0 Å². The van der Waals surface area contributed by atoms with E-state index in [-0.39, 0.29) is 23.2 Å². The van der Waals surface area contributed by atoms with Crippen molar-refractivity contribution in [1.82, 2.24) is 14.8 Å². The molecule has 0 unspecified atom stereocenters. The number of benzene rings is 1. The summed E-state index contributed by atoms with van der Waals surface area (Å²) in [5.74, 6) is 0.739. The molecule has 2 heterocycles. The van der Waals surface area contributed by atoms with E-state index in [0.717, 1.165) is 17.7 Å². The highest BCUT2D eigenvalue weighted by atomic mass is 32.2. The van der Waals surface area contributed by atoms with Gasteiger partial charge < -0.3 is 5.32 Å². The Morgan fingerprint density at radius 3 is 2.69 bits per heavy atom. The third kappa shape index (κ3) is 2.86. The number of hydrogen-bond acceptors (Lipinski definition) is 5. The molecule has 1 aliphatic carbocycles. The zero-order chi connectivity index (χ0) is 18.5. The van der Waals surface area contributed by atoms with Crippen molar-refractivity contribution in [2.24, 2.45) is 11.3 Å². The number of anilines is 1. The molecule has 2 atom stereocenters. The number of nitrogens with zero attached hydrogens (tertiary/aromatic N) is 3. The SMILES string of the molecule is CCc1ccc([C@H]2[C@@H]3C(=O)CC(C)(C)C=C3Nc3nc(SC)nn32)cc1. The number of thioether (sulfide) groups is 1. The predicted molar refractivity (Wildman–Crippen MR) is 104 cm³/mol. The number of ketones is 1. The Balaban J connectivity index is 1.88. The molecule has 0 spiro atoms. The van der Waals surface area contributed by atoms with Gasteiger partial charge in [0.1, 0.15) is 5.78 Å². The predicted octanol–water partition coefficient (Wildman–Crippen LogP) is 4.08. The Kier molecular flexibility index (Phi) is 4.18. The van der Waals surface area contributed by atoms with Crippen molar-refractivity contribution in [3.63, 3.8) is 0 Å².